The maximum atomic E-state index is 12.2. The summed E-state index contributed by atoms with van der Waals surface area (Å²) in [6, 6.07) is 19.2. The van der Waals surface area contributed by atoms with Crippen LogP contribution in [0.3, 0.4) is 0 Å². The van der Waals surface area contributed by atoms with Crippen LogP contribution >= 0.6 is 23.9 Å². The third-order valence-corrected chi connectivity index (χ3v) is 5.10. The highest BCUT2D eigenvalue weighted by molar-refractivity contribution is 7.98. The summed E-state index contributed by atoms with van der Waals surface area (Å²) in [5.41, 5.74) is 0. The minimum atomic E-state index is -0.0584. The first-order chi connectivity index (χ1) is 10.7. The summed E-state index contributed by atoms with van der Waals surface area (Å²) in [6.07, 6.45) is 0. The molecule has 112 valence electrons. The van der Waals surface area contributed by atoms with Crippen molar-refractivity contribution in [1.29, 1.82) is 0 Å². The average molecular weight is 330 g/mol. The van der Waals surface area contributed by atoms with E-state index < -0.39 is 0 Å². The molecular formula is C16H14N2O2S2. The number of hydrogen-bond donors (Lipinski definition) is 0. The van der Waals surface area contributed by atoms with Crippen molar-refractivity contribution in [1.82, 2.24) is 8.61 Å². The Kier molecular flexibility index (Phi) is 4.70. The zero-order valence-electron chi connectivity index (χ0n) is 11.7. The first-order valence-electron chi connectivity index (χ1n) is 6.79. The van der Waals surface area contributed by atoms with Crippen LogP contribution in [-0.4, -0.2) is 33.5 Å². The second-order valence-electron chi connectivity index (χ2n) is 4.67. The van der Waals surface area contributed by atoms with Gasteiger partial charge in [0.2, 0.25) is 0 Å². The largest absolute Gasteiger partial charge is 0.272 e. The van der Waals surface area contributed by atoms with Gasteiger partial charge in [0.1, 0.15) is 13.1 Å². The molecule has 0 atom stereocenters. The molecule has 22 heavy (non-hydrogen) atoms. The molecule has 0 saturated carbocycles. The van der Waals surface area contributed by atoms with Gasteiger partial charge >= 0.3 is 0 Å². The van der Waals surface area contributed by atoms with Crippen molar-refractivity contribution < 1.29 is 9.59 Å². The summed E-state index contributed by atoms with van der Waals surface area (Å²) in [6.45, 7) is 0.191. The van der Waals surface area contributed by atoms with E-state index in [0.717, 1.165) is 9.79 Å². The molecule has 0 unspecified atom stereocenters. The van der Waals surface area contributed by atoms with Crippen molar-refractivity contribution in [3.8, 4) is 0 Å². The van der Waals surface area contributed by atoms with Crippen molar-refractivity contribution in [2.75, 3.05) is 13.1 Å². The minimum Gasteiger partial charge on any atom is -0.272 e. The summed E-state index contributed by atoms with van der Waals surface area (Å²) < 4.78 is 3.06. The molecular weight excluding hydrogens is 316 g/mol. The van der Waals surface area contributed by atoms with Gasteiger partial charge in [0.05, 0.1) is 0 Å². The van der Waals surface area contributed by atoms with E-state index in [-0.39, 0.29) is 24.9 Å². The van der Waals surface area contributed by atoms with Crippen LogP contribution in [0.1, 0.15) is 0 Å². The highest BCUT2D eigenvalue weighted by Crippen LogP contribution is 2.29. The topological polar surface area (TPSA) is 40.6 Å². The van der Waals surface area contributed by atoms with Gasteiger partial charge in [-0.1, -0.05) is 36.4 Å². The van der Waals surface area contributed by atoms with E-state index in [2.05, 4.69) is 0 Å². The molecule has 2 aromatic rings. The van der Waals surface area contributed by atoms with Gasteiger partial charge in [-0.25, -0.2) is 0 Å². The standard InChI is InChI=1S/C16H14N2O2S2/c19-15-12-18(22-14-9-5-2-6-10-14)16(20)11-17(15)21-13-7-3-1-4-8-13/h1-10H,11-12H2. The number of carbonyl (C=O) groups is 2. The molecule has 0 bridgehead atoms. The second-order valence-corrected chi connectivity index (χ2v) is 6.86. The Labute approximate surface area is 137 Å². The molecule has 0 spiro atoms. The lowest BCUT2D eigenvalue weighted by atomic mass is 10.4. The van der Waals surface area contributed by atoms with Crippen molar-refractivity contribution in [3.05, 3.63) is 60.7 Å². The Morgan fingerprint density at radius 2 is 1.00 bits per heavy atom. The number of piperazine rings is 1. The van der Waals surface area contributed by atoms with Gasteiger partial charge in [-0.15, -0.1) is 0 Å². The summed E-state index contributed by atoms with van der Waals surface area (Å²) >= 11 is 2.62. The fraction of sp³-hybridized carbons (Fsp3) is 0.125. The van der Waals surface area contributed by atoms with E-state index in [4.69, 9.17) is 0 Å². The molecule has 2 amide bonds. The molecule has 1 fully saturated rings. The van der Waals surface area contributed by atoms with Gasteiger partial charge in [0, 0.05) is 9.79 Å². The lowest BCUT2D eigenvalue weighted by Gasteiger charge is -2.31. The summed E-state index contributed by atoms with van der Waals surface area (Å²) in [4.78, 5) is 26.4. The van der Waals surface area contributed by atoms with Crippen LogP contribution in [0, 0.1) is 0 Å². The van der Waals surface area contributed by atoms with E-state index in [0.29, 0.717) is 0 Å². The van der Waals surface area contributed by atoms with Crippen LogP contribution < -0.4 is 0 Å². The molecule has 6 heteroatoms. The number of nitrogens with zero attached hydrogens (tertiary/aromatic N) is 2. The monoisotopic (exact) mass is 330 g/mol. The molecule has 1 saturated heterocycles. The average Bonchev–Trinajstić information content (AvgIpc) is 2.54. The van der Waals surface area contributed by atoms with Crippen LogP contribution in [0.4, 0.5) is 0 Å². The van der Waals surface area contributed by atoms with Gasteiger partial charge in [-0.05, 0) is 48.2 Å². The van der Waals surface area contributed by atoms with Crippen molar-refractivity contribution in [3.63, 3.8) is 0 Å². The van der Waals surface area contributed by atoms with Crippen LogP contribution in [0.15, 0.2) is 70.5 Å². The lowest BCUT2D eigenvalue weighted by molar-refractivity contribution is -0.140. The predicted octanol–water partition coefficient (Wildman–Crippen LogP) is 3.07. The second kappa shape index (κ2) is 6.89. The Balaban J connectivity index is 1.64. The van der Waals surface area contributed by atoms with E-state index in [1.807, 2.05) is 60.7 Å². The Hall–Kier alpha value is -1.92. The first-order valence-corrected chi connectivity index (χ1v) is 8.34. The predicted molar refractivity (Wildman–Crippen MR) is 88.0 cm³/mol. The maximum absolute atomic E-state index is 12.2. The molecule has 0 aromatic heterocycles. The van der Waals surface area contributed by atoms with Crippen molar-refractivity contribution >= 4 is 35.7 Å². The highest BCUT2D eigenvalue weighted by Gasteiger charge is 2.31. The van der Waals surface area contributed by atoms with Crippen molar-refractivity contribution in [2.24, 2.45) is 0 Å². The van der Waals surface area contributed by atoms with E-state index in [1.165, 1.54) is 32.5 Å². The number of rotatable bonds is 4. The first kappa shape index (κ1) is 15.0. The smallest absolute Gasteiger partial charge is 0.253 e. The highest BCUT2D eigenvalue weighted by atomic mass is 32.2. The van der Waals surface area contributed by atoms with Gasteiger partial charge in [0.15, 0.2) is 0 Å². The van der Waals surface area contributed by atoms with Crippen LogP contribution in [0.5, 0.6) is 0 Å². The van der Waals surface area contributed by atoms with E-state index in [9.17, 15) is 9.59 Å². The van der Waals surface area contributed by atoms with Crippen LogP contribution in [-0.2, 0) is 9.59 Å². The Morgan fingerprint density at radius 1 is 0.636 bits per heavy atom. The van der Waals surface area contributed by atoms with Gasteiger partial charge < -0.3 is 0 Å². The summed E-state index contributed by atoms with van der Waals surface area (Å²) in [5.74, 6) is -0.117. The molecule has 2 aromatic carbocycles. The molecule has 0 radical (unpaired) electrons. The lowest BCUT2D eigenvalue weighted by Crippen LogP contribution is -2.48. The molecule has 1 aliphatic rings. The normalized spacial score (nSPS) is 15.3. The zero-order valence-corrected chi connectivity index (χ0v) is 13.3. The number of benzene rings is 2. The van der Waals surface area contributed by atoms with E-state index >= 15 is 0 Å². The Morgan fingerprint density at radius 3 is 1.36 bits per heavy atom. The number of hydrogen-bond acceptors (Lipinski definition) is 4. The molecule has 1 aliphatic heterocycles. The van der Waals surface area contributed by atoms with Gasteiger partial charge in [-0.3, -0.25) is 18.2 Å². The van der Waals surface area contributed by atoms with Crippen LogP contribution in [0.2, 0.25) is 0 Å². The maximum Gasteiger partial charge on any atom is 0.253 e. The summed E-state index contributed by atoms with van der Waals surface area (Å²) in [7, 11) is 0. The Bertz CT molecular complexity index is 605. The molecule has 1 heterocycles. The number of carbonyl (C=O) groups excluding carboxylic acids is 2. The quantitative estimate of drug-likeness (QED) is 0.808. The summed E-state index contributed by atoms with van der Waals surface area (Å²) in [5, 5.41) is 0. The minimum absolute atomic E-state index is 0.0584. The SMILES string of the molecule is O=C1CN(Sc2ccccc2)C(=O)CN1Sc1ccccc1. The van der Waals surface area contributed by atoms with E-state index in [1.54, 1.807) is 0 Å². The van der Waals surface area contributed by atoms with Gasteiger partial charge in [-0.2, -0.15) is 0 Å². The molecule has 4 nitrogen and oxygen atoms in total. The van der Waals surface area contributed by atoms with Crippen molar-refractivity contribution in [2.45, 2.75) is 9.79 Å². The van der Waals surface area contributed by atoms with Crippen LogP contribution in [0.25, 0.3) is 0 Å². The fourth-order valence-electron chi connectivity index (χ4n) is 1.96. The number of amides is 2. The fourth-order valence-corrected chi connectivity index (χ4v) is 3.70. The third-order valence-electron chi connectivity index (χ3n) is 3.03. The molecule has 0 N–H and O–H groups in total. The molecule has 3 rings (SSSR count). The molecule has 0 aliphatic carbocycles. The van der Waals surface area contributed by atoms with Gasteiger partial charge in [0.25, 0.3) is 11.8 Å². The third kappa shape index (κ3) is 3.64. The zero-order chi connectivity index (χ0) is 15.4.